The van der Waals surface area contributed by atoms with Gasteiger partial charge in [0.15, 0.2) is 0 Å². The molecule has 0 aromatic carbocycles. The maximum absolute atomic E-state index is 11.3. The lowest BCUT2D eigenvalue weighted by molar-refractivity contribution is 0.00408. The van der Waals surface area contributed by atoms with Gasteiger partial charge in [-0.1, -0.05) is 13.3 Å². The average Bonchev–Trinajstić information content (AvgIpc) is 2.68. The van der Waals surface area contributed by atoms with Crippen molar-refractivity contribution in [2.75, 3.05) is 31.8 Å². The molecule has 0 amide bonds. The van der Waals surface area contributed by atoms with Crippen LogP contribution in [-0.2, 0) is 14.6 Å². The Morgan fingerprint density at radius 2 is 2.00 bits per heavy atom. The first kappa shape index (κ1) is 15.3. The average molecular weight is 289 g/mol. The molecule has 2 unspecified atom stereocenters. The van der Waals surface area contributed by atoms with Gasteiger partial charge in [-0.25, -0.2) is 8.42 Å². The maximum Gasteiger partial charge on any atom is 0.147 e. The molecule has 0 radical (unpaired) electrons. The quantitative estimate of drug-likeness (QED) is 0.835. The summed E-state index contributed by atoms with van der Waals surface area (Å²) in [6, 6.07) is 0.554. The fraction of sp³-hybridized carbons (Fsp3) is 1.00. The summed E-state index contributed by atoms with van der Waals surface area (Å²) >= 11 is 0. The standard InChI is InChI=1S/C14H27NO3S/c1-12(11-19(2,16)17)10-15-13-4-3-5-14(13)6-8-18-9-7-14/h12-13,15H,3-11H2,1-2H3. The van der Waals surface area contributed by atoms with Gasteiger partial charge in [0.05, 0.1) is 5.75 Å². The van der Waals surface area contributed by atoms with E-state index in [1.165, 1.54) is 25.5 Å². The molecule has 5 heteroatoms. The summed E-state index contributed by atoms with van der Waals surface area (Å²) in [5, 5.41) is 3.64. The number of hydrogen-bond donors (Lipinski definition) is 1. The van der Waals surface area contributed by atoms with Crippen molar-refractivity contribution in [3.05, 3.63) is 0 Å². The highest BCUT2D eigenvalue weighted by Crippen LogP contribution is 2.45. The van der Waals surface area contributed by atoms with E-state index < -0.39 is 9.84 Å². The van der Waals surface area contributed by atoms with Gasteiger partial charge in [-0.2, -0.15) is 0 Å². The molecule has 1 aliphatic carbocycles. The lowest BCUT2D eigenvalue weighted by atomic mass is 9.75. The van der Waals surface area contributed by atoms with Crippen LogP contribution in [-0.4, -0.2) is 46.2 Å². The van der Waals surface area contributed by atoms with Crippen molar-refractivity contribution in [2.45, 2.75) is 45.1 Å². The van der Waals surface area contributed by atoms with E-state index >= 15 is 0 Å². The van der Waals surface area contributed by atoms with Crippen molar-refractivity contribution in [3.63, 3.8) is 0 Å². The van der Waals surface area contributed by atoms with Crippen LogP contribution >= 0.6 is 0 Å². The summed E-state index contributed by atoms with van der Waals surface area (Å²) in [6.07, 6.45) is 7.45. The molecule has 1 heterocycles. The van der Waals surface area contributed by atoms with Crippen LogP contribution < -0.4 is 5.32 Å². The van der Waals surface area contributed by atoms with Gasteiger partial charge in [0.25, 0.3) is 0 Å². The predicted octanol–water partition coefficient (Wildman–Crippen LogP) is 1.61. The predicted molar refractivity (Wildman–Crippen MR) is 77.0 cm³/mol. The first-order valence-electron chi connectivity index (χ1n) is 7.40. The molecule has 19 heavy (non-hydrogen) atoms. The Labute approximate surface area is 117 Å². The molecule has 112 valence electrons. The van der Waals surface area contributed by atoms with Gasteiger partial charge < -0.3 is 10.1 Å². The molecule has 2 atom stereocenters. The second kappa shape index (κ2) is 6.10. The van der Waals surface area contributed by atoms with E-state index in [0.29, 0.717) is 11.5 Å². The Kier molecular flexibility index (Phi) is 4.90. The van der Waals surface area contributed by atoms with Crippen molar-refractivity contribution in [2.24, 2.45) is 11.3 Å². The molecule has 1 spiro atoms. The van der Waals surface area contributed by atoms with Crippen LogP contribution in [0.5, 0.6) is 0 Å². The van der Waals surface area contributed by atoms with E-state index in [2.05, 4.69) is 5.32 Å². The van der Waals surface area contributed by atoms with E-state index in [1.807, 2.05) is 6.92 Å². The van der Waals surface area contributed by atoms with Crippen molar-refractivity contribution in [3.8, 4) is 0 Å². The number of hydrogen-bond acceptors (Lipinski definition) is 4. The number of rotatable bonds is 5. The molecule has 2 aliphatic rings. The fourth-order valence-corrected chi connectivity index (χ4v) is 4.90. The second-order valence-electron chi connectivity index (χ2n) is 6.53. The number of ether oxygens (including phenoxy) is 1. The van der Waals surface area contributed by atoms with Crippen molar-refractivity contribution in [1.29, 1.82) is 0 Å². The van der Waals surface area contributed by atoms with Crippen molar-refractivity contribution < 1.29 is 13.2 Å². The van der Waals surface area contributed by atoms with Gasteiger partial charge in [0.2, 0.25) is 0 Å². The zero-order valence-corrected chi connectivity index (χ0v) is 13.0. The molecule has 1 saturated heterocycles. The monoisotopic (exact) mass is 289 g/mol. The lowest BCUT2D eigenvalue weighted by Gasteiger charge is -2.39. The molecule has 1 N–H and O–H groups in total. The van der Waals surface area contributed by atoms with Gasteiger partial charge in [0.1, 0.15) is 9.84 Å². The van der Waals surface area contributed by atoms with Crippen molar-refractivity contribution >= 4 is 9.84 Å². The first-order chi connectivity index (χ1) is 8.91. The molecule has 0 bridgehead atoms. The Bertz CT molecular complexity index is 387. The van der Waals surface area contributed by atoms with Gasteiger partial charge in [-0.15, -0.1) is 0 Å². The molecule has 1 saturated carbocycles. The van der Waals surface area contributed by atoms with Crippen LogP contribution in [0.15, 0.2) is 0 Å². The highest BCUT2D eigenvalue weighted by Gasteiger charge is 2.43. The third kappa shape index (κ3) is 4.17. The van der Waals surface area contributed by atoms with Gasteiger partial charge in [-0.3, -0.25) is 0 Å². The SMILES string of the molecule is CC(CNC1CCCC12CCOCC2)CS(C)(=O)=O. The third-order valence-corrected chi connectivity index (χ3v) is 5.87. The van der Waals surface area contributed by atoms with Crippen LogP contribution in [0, 0.1) is 11.3 Å². The Morgan fingerprint density at radius 1 is 1.32 bits per heavy atom. The molecule has 0 aromatic heterocycles. The first-order valence-corrected chi connectivity index (χ1v) is 9.46. The normalized spacial score (nSPS) is 28.6. The minimum absolute atomic E-state index is 0.187. The Balaban J connectivity index is 1.84. The van der Waals surface area contributed by atoms with E-state index in [0.717, 1.165) is 32.6 Å². The van der Waals surface area contributed by atoms with Crippen LogP contribution in [0.2, 0.25) is 0 Å². The van der Waals surface area contributed by atoms with E-state index in [9.17, 15) is 8.42 Å². The van der Waals surface area contributed by atoms with Gasteiger partial charge in [0, 0.05) is 25.5 Å². The lowest BCUT2D eigenvalue weighted by Crippen LogP contribution is -2.46. The largest absolute Gasteiger partial charge is 0.381 e. The zero-order chi connectivity index (χ0) is 13.9. The van der Waals surface area contributed by atoms with E-state index in [1.54, 1.807) is 0 Å². The minimum Gasteiger partial charge on any atom is -0.381 e. The summed E-state index contributed by atoms with van der Waals surface area (Å²) in [6.45, 7) is 4.59. The number of sulfone groups is 1. The number of nitrogens with one attached hydrogen (secondary N) is 1. The maximum atomic E-state index is 11.3. The highest BCUT2D eigenvalue weighted by atomic mass is 32.2. The summed E-state index contributed by atoms with van der Waals surface area (Å²) in [5.74, 6) is 0.468. The molecule has 1 aliphatic heterocycles. The minimum atomic E-state index is -2.86. The molecular weight excluding hydrogens is 262 g/mol. The summed E-state index contributed by atoms with van der Waals surface area (Å²) in [4.78, 5) is 0. The van der Waals surface area contributed by atoms with Crippen molar-refractivity contribution in [1.82, 2.24) is 5.32 Å². The summed E-state index contributed by atoms with van der Waals surface area (Å²) < 4.78 is 28.1. The molecule has 4 nitrogen and oxygen atoms in total. The Morgan fingerprint density at radius 3 is 2.63 bits per heavy atom. The van der Waals surface area contributed by atoms with Gasteiger partial charge >= 0.3 is 0 Å². The van der Waals surface area contributed by atoms with Gasteiger partial charge in [-0.05, 0) is 43.6 Å². The van der Waals surface area contributed by atoms with Crippen LogP contribution in [0.4, 0.5) is 0 Å². The van der Waals surface area contributed by atoms with E-state index in [4.69, 9.17) is 4.74 Å². The van der Waals surface area contributed by atoms with Crippen LogP contribution in [0.25, 0.3) is 0 Å². The molecule has 0 aromatic rings. The topological polar surface area (TPSA) is 55.4 Å². The zero-order valence-electron chi connectivity index (χ0n) is 12.2. The van der Waals surface area contributed by atoms with Crippen LogP contribution in [0.1, 0.15) is 39.0 Å². The second-order valence-corrected chi connectivity index (χ2v) is 8.71. The molecular formula is C14H27NO3S. The fourth-order valence-electron chi connectivity index (χ4n) is 3.75. The van der Waals surface area contributed by atoms with Crippen LogP contribution in [0.3, 0.4) is 0 Å². The molecule has 2 fully saturated rings. The third-order valence-electron chi connectivity index (χ3n) is 4.70. The summed E-state index contributed by atoms with van der Waals surface area (Å²) in [5.41, 5.74) is 0.420. The highest BCUT2D eigenvalue weighted by molar-refractivity contribution is 7.90. The molecule has 2 rings (SSSR count). The summed E-state index contributed by atoms with van der Waals surface area (Å²) in [7, 11) is -2.86. The van der Waals surface area contributed by atoms with E-state index in [-0.39, 0.29) is 11.7 Å². The smallest absolute Gasteiger partial charge is 0.147 e. The Hall–Kier alpha value is -0.130.